The summed E-state index contributed by atoms with van der Waals surface area (Å²) in [4.78, 5) is 3.89. The van der Waals surface area contributed by atoms with Crippen molar-refractivity contribution < 1.29 is 17.6 Å². The van der Waals surface area contributed by atoms with Gasteiger partial charge in [0, 0.05) is 17.3 Å². The molecule has 0 saturated heterocycles. The van der Waals surface area contributed by atoms with Gasteiger partial charge in [-0.25, -0.2) is 8.91 Å². The second kappa shape index (κ2) is 4.70. The molecule has 0 bridgehead atoms. The highest BCUT2D eigenvalue weighted by Crippen LogP contribution is 2.34. The van der Waals surface area contributed by atoms with E-state index in [1.54, 1.807) is 0 Å². The van der Waals surface area contributed by atoms with Crippen LogP contribution in [-0.2, 0) is 6.18 Å². The number of benzene rings is 1. The van der Waals surface area contributed by atoms with Crippen molar-refractivity contribution in [3.05, 3.63) is 53.2 Å². The van der Waals surface area contributed by atoms with Crippen molar-refractivity contribution in [3.63, 3.8) is 0 Å². The summed E-state index contributed by atoms with van der Waals surface area (Å²) in [6.45, 7) is 0. The number of nitrogens with zero attached hydrogens (tertiary/aromatic N) is 3. The molecule has 0 N–H and O–H groups in total. The first-order valence-electron chi connectivity index (χ1n) is 5.74. The maximum Gasteiger partial charge on any atom is 0.416 e. The molecule has 8 heteroatoms. The van der Waals surface area contributed by atoms with E-state index in [-0.39, 0.29) is 22.1 Å². The molecule has 2 heterocycles. The fraction of sp³-hybridized carbons (Fsp3) is 0.0769. The number of hydrogen-bond acceptors (Lipinski definition) is 2. The van der Waals surface area contributed by atoms with E-state index in [1.165, 1.54) is 22.8 Å². The van der Waals surface area contributed by atoms with Crippen LogP contribution in [0, 0.1) is 5.82 Å². The van der Waals surface area contributed by atoms with E-state index in [1.807, 2.05) is 0 Å². The zero-order valence-corrected chi connectivity index (χ0v) is 11.0. The predicted molar refractivity (Wildman–Crippen MR) is 68.4 cm³/mol. The van der Waals surface area contributed by atoms with Gasteiger partial charge in [0.25, 0.3) is 0 Å². The monoisotopic (exact) mass is 315 g/mol. The molecule has 0 unspecified atom stereocenters. The van der Waals surface area contributed by atoms with Crippen molar-refractivity contribution in [2.75, 3.05) is 0 Å². The smallest absolute Gasteiger partial charge is 0.219 e. The molecule has 21 heavy (non-hydrogen) atoms. The molecule has 0 aliphatic carbocycles. The molecule has 0 fully saturated rings. The lowest BCUT2D eigenvalue weighted by atomic mass is 10.0. The van der Waals surface area contributed by atoms with Gasteiger partial charge in [0.15, 0.2) is 5.65 Å². The lowest BCUT2D eigenvalue weighted by Crippen LogP contribution is -2.05. The van der Waals surface area contributed by atoms with E-state index in [9.17, 15) is 17.6 Å². The molecule has 2 aromatic heterocycles. The molecule has 0 aliphatic heterocycles. The van der Waals surface area contributed by atoms with Crippen LogP contribution in [0.3, 0.4) is 0 Å². The summed E-state index contributed by atoms with van der Waals surface area (Å²) in [5.74, 6) is -0.782. The van der Waals surface area contributed by atoms with Crippen LogP contribution in [-0.4, -0.2) is 14.6 Å². The van der Waals surface area contributed by atoms with Crippen LogP contribution in [0.4, 0.5) is 17.6 Å². The van der Waals surface area contributed by atoms with Crippen molar-refractivity contribution in [2.24, 2.45) is 0 Å². The summed E-state index contributed by atoms with van der Waals surface area (Å²) >= 11 is 5.67. The lowest BCUT2D eigenvalue weighted by Gasteiger charge is -2.10. The second-order valence-electron chi connectivity index (χ2n) is 4.26. The van der Waals surface area contributed by atoms with Crippen LogP contribution in [0.2, 0.25) is 5.28 Å². The number of pyridine rings is 1. The van der Waals surface area contributed by atoms with Gasteiger partial charge >= 0.3 is 6.18 Å². The molecule has 3 rings (SSSR count). The summed E-state index contributed by atoms with van der Waals surface area (Å²) in [6.07, 6.45) is -3.04. The summed E-state index contributed by atoms with van der Waals surface area (Å²) in [6, 6.07) is 5.19. The minimum atomic E-state index is -4.56. The van der Waals surface area contributed by atoms with Crippen LogP contribution in [0.5, 0.6) is 0 Å². The molecule has 0 aliphatic rings. The van der Waals surface area contributed by atoms with Gasteiger partial charge < -0.3 is 0 Å². The summed E-state index contributed by atoms with van der Waals surface area (Å²) in [5, 5.41) is 3.75. The molecule has 0 radical (unpaired) electrons. The predicted octanol–water partition coefficient (Wildman–Crippen LogP) is 4.21. The molecule has 0 amide bonds. The fourth-order valence-electron chi connectivity index (χ4n) is 2.00. The number of hydrogen-bond donors (Lipinski definition) is 0. The number of aromatic nitrogens is 3. The Hall–Kier alpha value is -2.15. The number of rotatable bonds is 1. The Morgan fingerprint density at radius 2 is 1.86 bits per heavy atom. The highest BCUT2D eigenvalue weighted by Gasteiger charge is 2.31. The highest BCUT2D eigenvalue weighted by molar-refractivity contribution is 6.28. The third kappa shape index (κ3) is 2.44. The van der Waals surface area contributed by atoms with Crippen LogP contribution in [0.1, 0.15) is 5.56 Å². The van der Waals surface area contributed by atoms with Gasteiger partial charge in [0.05, 0.1) is 5.56 Å². The van der Waals surface area contributed by atoms with E-state index in [0.717, 1.165) is 12.1 Å². The SMILES string of the molecule is Fc1ccc(C(F)(F)F)cc1-c1cccn2nc(Cl)nc12. The molecule has 0 spiro atoms. The Kier molecular flexibility index (Phi) is 3.09. The first-order chi connectivity index (χ1) is 9.86. The highest BCUT2D eigenvalue weighted by atomic mass is 35.5. The Morgan fingerprint density at radius 1 is 1.10 bits per heavy atom. The van der Waals surface area contributed by atoms with E-state index < -0.39 is 17.6 Å². The van der Waals surface area contributed by atoms with Gasteiger partial charge in [-0.2, -0.15) is 18.2 Å². The Bertz CT molecular complexity index is 826. The van der Waals surface area contributed by atoms with E-state index in [4.69, 9.17) is 11.6 Å². The standard InChI is InChI=1S/C13H6ClF4N3/c14-12-19-11-8(2-1-5-21(11)20-12)9-6-7(13(16,17)18)3-4-10(9)15/h1-6H. The number of halogens is 5. The molecule has 3 aromatic rings. The van der Waals surface area contributed by atoms with Gasteiger partial charge in [-0.05, 0) is 41.9 Å². The van der Waals surface area contributed by atoms with Gasteiger partial charge in [-0.1, -0.05) is 0 Å². The summed E-state index contributed by atoms with van der Waals surface area (Å²) in [5.41, 5.74) is -0.785. The first kappa shape index (κ1) is 13.8. The third-order valence-electron chi connectivity index (χ3n) is 2.92. The zero-order chi connectivity index (χ0) is 15.2. The van der Waals surface area contributed by atoms with Crippen molar-refractivity contribution in [1.29, 1.82) is 0 Å². The lowest BCUT2D eigenvalue weighted by molar-refractivity contribution is -0.137. The molecule has 108 valence electrons. The molecular weight excluding hydrogens is 310 g/mol. The number of alkyl halides is 3. The summed E-state index contributed by atoms with van der Waals surface area (Å²) in [7, 11) is 0. The minimum Gasteiger partial charge on any atom is -0.219 e. The third-order valence-corrected chi connectivity index (χ3v) is 3.08. The maximum absolute atomic E-state index is 13.9. The second-order valence-corrected chi connectivity index (χ2v) is 4.60. The molecular formula is C13H6ClF4N3. The molecule has 0 saturated carbocycles. The Balaban J connectivity index is 2.27. The number of fused-ring (bicyclic) bond motifs is 1. The largest absolute Gasteiger partial charge is 0.416 e. The van der Waals surface area contributed by atoms with Crippen LogP contribution >= 0.6 is 11.6 Å². The van der Waals surface area contributed by atoms with E-state index in [0.29, 0.717) is 6.07 Å². The Labute approximate surface area is 120 Å². The van der Waals surface area contributed by atoms with E-state index in [2.05, 4.69) is 10.1 Å². The van der Waals surface area contributed by atoms with Gasteiger partial charge in [0.2, 0.25) is 5.28 Å². The Morgan fingerprint density at radius 3 is 2.57 bits per heavy atom. The summed E-state index contributed by atoms with van der Waals surface area (Å²) < 4.78 is 53.5. The molecule has 0 atom stereocenters. The fourth-order valence-corrected chi connectivity index (χ4v) is 2.16. The van der Waals surface area contributed by atoms with Crippen molar-refractivity contribution in [3.8, 4) is 11.1 Å². The average molecular weight is 316 g/mol. The normalized spacial score (nSPS) is 12.0. The molecule has 3 nitrogen and oxygen atoms in total. The first-order valence-corrected chi connectivity index (χ1v) is 6.12. The van der Waals surface area contributed by atoms with Gasteiger partial charge in [-0.3, -0.25) is 0 Å². The van der Waals surface area contributed by atoms with Crippen molar-refractivity contribution in [1.82, 2.24) is 14.6 Å². The van der Waals surface area contributed by atoms with Crippen molar-refractivity contribution in [2.45, 2.75) is 6.18 Å². The molecule has 1 aromatic carbocycles. The maximum atomic E-state index is 13.9. The van der Waals surface area contributed by atoms with Gasteiger partial charge in [-0.15, -0.1) is 5.10 Å². The van der Waals surface area contributed by atoms with Crippen LogP contribution in [0.15, 0.2) is 36.5 Å². The van der Waals surface area contributed by atoms with Crippen LogP contribution < -0.4 is 0 Å². The average Bonchev–Trinajstić information content (AvgIpc) is 2.78. The van der Waals surface area contributed by atoms with Gasteiger partial charge in [0.1, 0.15) is 5.82 Å². The van der Waals surface area contributed by atoms with Crippen LogP contribution in [0.25, 0.3) is 16.8 Å². The topological polar surface area (TPSA) is 30.2 Å². The minimum absolute atomic E-state index is 0.0742. The quantitative estimate of drug-likeness (QED) is 0.630. The zero-order valence-electron chi connectivity index (χ0n) is 10.2. The van der Waals surface area contributed by atoms with E-state index >= 15 is 0 Å². The van der Waals surface area contributed by atoms with Crippen molar-refractivity contribution >= 4 is 17.2 Å².